The van der Waals surface area contributed by atoms with E-state index in [1.807, 2.05) is 0 Å². The van der Waals surface area contributed by atoms with Crippen molar-refractivity contribution in [3.05, 3.63) is 21.3 Å². The van der Waals surface area contributed by atoms with Gasteiger partial charge >= 0.3 is 0 Å². The lowest BCUT2D eigenvalue weighted by Crippen LogP contribution is -2.28. The molecule has 2 rings (SSSR count). The van der Waals surface area contributed by atoms with E-state index in [4.69, 9.17) is 11.6 Å². The molecule has 5 heteroatoms. The number of rotatable bonds is 3. The number of hydrogen-bond donors (Lipinski definition) is 2. The molecule has 0 saturated heterocycles. The van der Waals surface area contributed by atoms with Crippen LogP contribution in [-0.4, -0.2) is 23.7 Å². The number of carbonyl (C=O) groups excluding carboxylic acids is 1. The average molecular weight is 260 g/mol. The van der Waals surface area contributed by atoms with Crippen LogP contribution in [0.25, 0.3) is 0 Å². The quantitative estimate of drug-likeness (QED) is 0.875. The molecule has 1 saturated carbocycles. The molecule has 88 valence electrons. The molecule has 3 nitrogen and oxygen atoms in total. The molecule has 1 fully saturated rings. The van der Waals surface area contributed by atoms with Crippen LogP contribution < -0.4 is 5.32 Å². The molecule has 2 N–H and O–H groups in total. The molecule has 1 aliphatic rings. The first-order valence-electron chi connectivity index (χ1n) is 5.37. The molecule has 1 aromatic rings. The predicted molar refractivity (Wildman–Crippen MR) is 65.0 cm³/mol. The van der Waals surface area contributed by atoms with Crippen molar-refractivity contribution in [1.82, 2.24) is 5.32 Å². The van der Waals surface area contributed by atoms with Crippen molar-refractivity contribution in [2.75, 3.05) is 6.54 Å². The largest absolute Gasteiger partial charge is 0.393 e. The van der Waals surface area contributed by atoms with Gasteiger partial charge in [0.1, 0.15) is 0 Å². The lowest BCUT2D eigenvalue weighted by molar-refractivity contribution is 0.0949. The molecule has 1 amide bonds. The molecule has 0 aromatic carbocycles. The van der Waals surface area contributed by atoms with Crippen molar-refractivity contribution in [2.24, 2.45) is 5.92 Å². The fourth-order valence-corrected chi connectivity index (χ4v) is 2.95. The van der Waals surface area contributed by atoms with E-state index in [1.165, 1.54) is 11.3 Å². The second-order valence-electron chi connectivity index (χ2n) is 4.15. The SMILES string of the molecule is O=C(NCC1CCC(O)C1)c1ccc(Cl)s1. The van der Waals surface area contributed by atoms with Gasteiger partial charge in [-0.15, -0.1) is 11.3 Å². The summed E-state index contributed by atoms with van der Waals surface area (Å²) >= 11 is 7.04. The van der Waals surface area contributed by atoms with Crippen LogP contribution in [0.5, 0.6) is 0 Å². The highest BCUT2D eigenvalue weighted by molar-refractivity contribution is 7.17. The van der Waals surface area contributed by atoms with Gasteiger partial charge in [-0.2, -0.15) is 0 Å². The van der Waals surface area contributed by atoms with E-state index in [1.54, 1.807) is 12.1 Å². The van der Waals surface area contributed by atoms with Gasteiger partial charge in [0.15, 0.2) is 0 Å². The van der Waals surface area contributed by atoms with E-state index >= 15 is 0 Å². The maximum absolute atomic E-state index is 11.7. The summed E-state index contributed by atoms with van der Waals surface area (Å²) in [6, 6.07) is 3.45. The van der Waals surface area contributed by atoms with E-state index < -0.39 is 0 Å². The summed E-state index contributed by atoms with van der Waals surface area (Å²) in [6.45, 7) is 0.644. The Hall–Kier alpha value is -0.580. The molecule has 1 heterocycles. The van der Waals surface area contributed by atoms with Crippen LogP contribution in [0.4, 0.5) is 0 Å². The Kier molecular flexibility index (Phi) is 3.84. The van der Waals surface area contributed by atoms with Crippen molar-refractivity contribution in [1.29, 1.82) is 0 Å². The van der Waals surface area contributed by atoms with Crippen molar-refractivity contribution in [3.8, 4) is 0 Å². The van der Waals surface area contributed by atoms with Gasteiger partial charge < -0.3 is 10.4 Å². The van der Waals surface area contributed by atoms with E-state index in [0.29, 0.717) is 21.7 Å². The topological polar surface area (TPSA) is 49.3 Å². The van der Waals surface area contributed by atoms with Gasteiger partial charge in [-0.3, -0.25) is 4.79 Å². The summed E-state index contributed by atoms with van der Waals surface area (Å²) < 4.78 is 0.626. The van der Waals surface area contributed by atoms with Crippen LogP contribution in [-0.2, 0) is 0 Å². The van der Waals surface area contributed by atoms with Gasteiger partial charge in [0, 0.05) is 6.54 Å². The first-order valence-corrected chi connectivity index (χ1v) is 6.56. The minimum absolute atomic E-state index is 0.0710. The Bertz CT molecular complexity index is 380. The molecule has 0 bridgehead atoms. The summed E-state index contributed by atoms with van der Waals surface area (Å²) in [6.07, 6.45) is 2.46. The Morgan fingerprint density at radius 2 is 2.38 bits per heavy atom. The van der Waals surface area contributed by atoms with Gasteiger partial charge in [-0.05, 0) is 37.3 Å². The first-order chi connectivity index (χ1) is 7.65. The van der Waals surface area contributed by atoms with Crippen LogP contribution in [0.2, 0.25) is 4.34 Å². The Morgan fingerprint density at radius 1 is 1.56 bits per heavy atom. The molecule has 1 aromatic heterocycles. The average Bonchev–Trinajstić information content (AvgIpc) is 2.84. The number of nitrogens with one attached hydrogen (secondary N) is 1. The zero-order valence-corrected chi connectivity index (χ0v) is 10.4. The molecule has 0 radical (unpaired) electrons. The van der Waals surface area contributed by atoms with Crippen molar-refractivity contribution < 1.29 is 9.90 Å². The molecule has 1 aliphatic carbocycles. The van der Waals surface area contributed by atoms with E-state index in [9.17, 15) is 9.90 Å². The van der Waals surface area contributed by atoms with Crippen molar-refractivity contribution >= 4 is 28.8 Å². The summed E-state index contributed by atoms with van der Waals surface area (Å²) in [5.41, 5.74) is 0. The van der Waals surface area contributed by atoms with Crippen molar-refractivity contribution in [3.63, 3.8) is 0 Å². The molecule has 16 heavy (non-hydrogen) atoms. The van der Waals surface area contributed by atoms with Crippen LogP contribution in [0.1, 0.15) is 28.9 Å². The number of halogens is 1. The molecule has 2 atom stereocenters. The van der Waals surface area contributed by atoms with E-state index in [2.05, 4.69) is 5.32 Å². The van der Waals surface area contributed by atoms with E-state index in [0.717, 1.165) is 19.3 Å². The lowest BCUT2D eigenvalue weighted by Gasteiger charge is -2.09. The van der Waals surface area contributed by atoms with Crippen LogP contribution in [0.15, 0.2) is 12.1 Å². The summed E-state index contributed by atoms with van der Waals surface area (Å²) in [5.74, 6) is 0.340. The second kappa shape index (κ2) is 5.17. The van der Waals surface area contributed by atoms with Crippen LogP contribution in [0.3, 0.4) is 0 Å². The highest BCUT2D eigenvalue weighted by Crippen LogP contribution is 2.25. The minimum Gasteiger partial charge on any atom is -0.393 e. The Balaban J connectivity index is 1.80. The zero-order chi connectivity index (χ0) is 11.5. The highest BCUT2D eigenvalue weighted by Gasteiger charge is 2.23. The number of carbonyl (C=O) groups is 1. The molecule has 0 spiro atoms. The standard InChI is InChI=1S/C11H14ClNO2S/c12-10-4-3-9(16-10)11(15)13-6-7-1-2-8(14)5-7/h3-4,7-8,14H,1-2,5-6H2,(H,13,15). The van der Waals surface area contributed by atoms with Crippen LogP contribution in [0, 0.1) is 5.92 Å². The van der Waals surface area contributed by atoms with Crippen LogP contribution >= 0.6 is 22.9 Å². The lowest BCUT2D eigenvalue weighted by atomic mass is 10.1. The third kappa shape index (κ3) is 2.97. The number of amides is 1. The number of hydrogen-bond acceptors (Lipinski definition) is 3. The first kappa shape index (κ1) is 11.9. The normalized spacial score (nSPS) is 24.6. The number of aliphatic hydroxyl groups is 1. The monoisotopic (exact) mass is 259 g/mol. The minimum atomic E-state index is -0.182. The van der Waals surface area contributed by atoms with Gasteiger partial charge in [0.25, 0.3) is 5.91 Å². The third-order valence-corrected chi connectivity index (χ3v) is 4.09. The maximum Gasteiger partial charge on any atom is 0.261 e. The summed E-state index contributed by atoms with van der Waals surface area (Å²) in [5, 5.41) is 12.2. The van der Waals surface area contributed by atoms with Gasteiger partial charge in [0.05, 0.1) is 15.3 Å². The predicted octanol–water partition coefficient (Wildman–Crippen LogP) is 2.29. The van der Waals surface area contributed by atoms with Gasteiger partial charge in [-0.1, -0.05) is 11.6 Å². The molecule has 0 aliphatic heterocycles. The fourth-order valence-electron chi connectivity index (χ4n) is 1.99. The number of thiophene rings is 1. The third-order valence-electron chi connectivity index (χ3n) is 2.86. The molecule has 2 unspecified atom stereocenters. The second-order valence-corrected chi connectivity index (χ2v) is 5.86. The van der Waals surface area contributed by atoms with Gasteiger partial charge in [0.2, 0.25) is 0 Å². The number of aliphatic hydroxyl groups excluding tert-OH is 1. The Labute approximate surface area is 103 Å². The molecular weight excluding hydrogens is 246 g/mol. The summed E-state index contributed by atoms with van der Waals surface area (Å²) in [7, 11) is 0. The zero-order valence-electron chi connectivity index (χ0n) is 8.78. The smallest absolute Gasteiger partial charge is 0.261 e. The highest BCUT2D eigenvalue weighted by atomic mass is 35.5. The molecular formula is C11H14ClNO2S. The van der Waals surface area contributed by atoms with Crippen molar-refractivity contribution in [2.45, 2.75) is 25.4 Å². The van der Waals surface area contributed by atoms with E-state index in [-0.39, 0.29) is 12.0 Å². The summed E-state index contributed by atoms with van der Waals surface area (Å²) in [4.78, 5) is 12.3. The fraction of sp³-hybridized carbons (Fsp3) is 0.545. The Morgan fingerprint density at radius 3 is 2.94 bits per heavy atom. The maximum atomic E-state index is 11.7. The van der Waals surface area contributed by atoms with Gasteiger partial charge in [-0.25, -0.2) is 0 Å².